The van der Waals surface area contributed by atoms with E-state index in [2.05, 4.69) is 13.8 Å². The molecular weight excluding hydrogens is 268 g/mol. The summed E-state index contributed by atoms with van der Waals surface area (Å²) in [5.41, 5.74) is 0. The third-order valence-corrected chi connectivity index (χ3v) is 4.43. The van der Waals surface area contributed by atoms with Crippen molar-refractivity contribution in [1.29, 1.82) is 0 Å². The second kappa shape index (κ2) is 9.06. The Labute approximate surface area is 128 Å². The fourth-order valence-corrected chi connectivity index (χ4v) is 3.06. The second-order valence-electron chi connectivity index (χ2n) is 6.63. The van der Waals surface area contributed by atoms with Gasteiger partial charge in [-0.15, -0.1) is 0 Å². The van der Waals surface area contributed by atoms with Crippen LogP contribution in [0.3, 0.4) is 0 Å². The molecule has 0 aromatic rings. The summed E-state index contributed by atoms with van der Waals surface area (Å²) in [7, 11) is 0. The summed E-state index contributed by atoms with van der Waals surface area (Å²) in [4.78, 5) is 23.6. The SMILES string of the molecule is CCC(CCCC(C)C)OC(=O)C1CCCCC1C(=O)O. The van der Waals surface area contributed by atoms with Crippen LogP contribution in [0.25, 0.3) is 0 Å². The number of carbonyl (C=O) groups is 2. The molecule has 1 rings (SSSR count). The Kier molecular flexibility index (Phi) is 7.76. The number of carboxylic acid groups (broad SMARTS) is 1. The highest BCUT2D eigenvalue weighted by Crippen LogP contribution is 2.32. The average molecular weight is 298 g/mol. The zero-order valence-electron chi connectivity index (χ0n) is 13.6. The molecule has 4 heteroatoms. The van der Waals surface area contributed by atoms with Crippen molar-refractivity contribution in [3.05, 3.63) is 0 Å². The largest absolute Gasteiger partial charge is 0.481 e. The van der Waals surface area contributed by atoms with Crippen LogP contribution >= 0.6 is 0 Å². The molecule has 3 atom stereocenters. The van der Waals surface area contributed by atoms with Crippen molar-refractivity contribution in [2.75, 3.05) is 0 Å². The van der Waals surface area contributed by atoms with E-state index in [1.807, 2.05) is 6.92 Å². The number of carbonyl (C=O) groups excluding carboxylic acids is 1. The van der Waals surface area contributed by atoms with Crippen LogP contribution in [-0.2, 0) is 14.3 Å². The maximum atomic E-state index is 12.3. The Morgan fingerprint density at radius 3 is 2.29 bits per heavy atom. The lowest BCUT2D eigenvalue weighted by molar-refractivity contribution is -0.164. The van der Waals surface area contributed by atoms with Crippen molar-refractivity contribution in [3.8, 4) is 0 Å². The Bertz CT molecular complexity index is 338. The van der Waals surface area contributed by atoms with Crippen LogP contribution in [0.15, 0.2) is 0 Å². The molecule has 0 radical (unpaired) electrons. The molecule has 1 aliphatic rings. The van der Waals surface area contributed by atoms with E-state index in [-0.39, 0.29) is 12.1 Å². The number of carboxylic acids is 1. The first-order chi connectivity index (χ1) is 9.95. The van der Waals surface area contributed by atoms with Gasteiger partial charge in [-0.2, -0.15) is 0 Å². The van der Waals surface area contributed by atoms with Crippen LogP contribution in [0, 0.1) is 17.8 Å². The Balaban J connectivity index is 2.49. The number of hydrogen-bond donors (Lipinski definition) is 1. The van der Waals surface area contributed by atoms with Gasteiger partial charge in [0.1, 0.15) is 6.10 Å². The molecule has 1 fully saturated rings. The third-order valence-electron chi connectivity index (χ3n) is 4.43. The van der Waals surface area contributed by atoms with Gasteiger partial charge in [0.2, 0.25) is 0 Å². The van der Waals surface area contributed by atoms with Crippen molar-refractivity contribution in [1.82, 2.24) is 0 Å². The number of hydrogen-bond acceptors (Lipinski definition) is 3. The number of esters is 1. The van der Waals surface area contributed by atoms with Crippen molar-refractivity contribution >= 4 is 11.9 Å². The average Bonchev–Trinajstić information content (AvgIpc) is 2.45. The van der Waals surface area contributed by atoms with Crippen molar-refractivity contribution < 1.29 is 19.4 Å². The topological polar surface area (TPSA) is 63.6 Å². The lowest BCUT2D eigenvalue weighted by Crippen LogP contribution is -2.35. The minimum atomic E-state index is -0.857. The highest BCUT2D eigenvalue weighted by Gasteiger charge is 2.37. The van der Waals surface area contributed by atoms with Gasteiger partial charge in [-0.1, -0.05) is 40.0 Å². The zero-order chi connectivity index (χ0) is 15.8. The van der Waals surface area contributed by atoms with Crippen LogP contribution in [0.2, 0.25) is 0 Å². The highest BCUT2D eigenvalue weighted by atomic mass is 16.5. The molecule has 21 heavy (non-hydrogen) atoms. The second-order valence-corrected chi connectivity index (χ2v) is 6.63. The highest BCUT2D eigenvalue weighted by molar-refractivity contribution is 5.81. The van der Waals surface area contributed by atoms with E-state index in [0.717, 1.165) is 38.5 Å². The lowest BCUT2D eigenvalue weighted by atomic mass is 9.79. The lowest BCUT2D eigenvalue weighted by Gasteiger charge is -2.28. The molecule has 1 N–H and O–H groups in total. The Morgan fingerprint density at radius 1 is 1.14 bits per heavy atom. The number of aliphatic carboxylic acids is 1. The summed E-state index contributed by atoms with van der Waals surface area (Å²) in [6, 6.07) is 0. The summed E-state index contributed by atoms with van der Waals surface area (Å²) in [6.07, 6.45) is 6.87. The minimum absolute atomic E-state index is 0.0624. The molecule has 0 bridgehead atoms. The molecule has 1 aliphatic carbocycles. The van der Waals surface area contributed by atoms with Gasteiger partial charge in [0.15, 0.2) is 0 Å². The maximum absolute atomic E-state index is 12.3. The summed E-state index contributed by atoms with van der Waals surface area (Å²) in [5, 5.41) is 9.24. The van der Waals surface area contributed by atoms with Crippen molar-refractivity contribution in [2.24, 2.45) is 17.8 Å². The fraction of sp³-hybridized carbons (Fsp3) is 0.882. The number of ether oxygens (including phenoxy) is 1. The van der Waals surface area contributed by atoms with E-state index in [1.54, 1.807) is 0 Å². The van der Waals surface area contributed by atoms with Crippen molar-refractivity contribution in [3.63, 3.8) is 0 Å². The van der Waals surface area contributed by atoms with Gasteiger partial charge >= 0.3 is 11.9 Å². The monoisotopic (exact) mass is 298 g/mol. The van der Waals surface area contributed by atoms with Crippen LogP contribution in [0.5, 0.6) is 0 Å². The van der Waals surface area contributed by atoms with Crippen LogP contribution < -0.4 is 0 Å². The van der Waals surface area contributed by atoms with Gasteiger partial charge in [0.25, 0.3) is 0 Å². The van der Waals surface area contributed by atoms with E-state index in [9.17, 15) is 14.7 Å². The van der Waals surface area contributed by atoms with Gasteiger partial charge in [0, 0.05) is 0 Å². The summed E-state index contributed by atoms with van der Waals surface area (Å²) < 4.78 is 5.60. The predicted octanol–water partition coefficient (Wildman–Crippen LogP) is 4.03. The zero-order valence-corrected chi connectivity index (χ0v) is 13.6. The van der Waals surface area contributed by atoms with Crippen LogP contribution in [-0.4, -0.2) is 23.1 Å². The molecular formula is C17H30O4. The van der Waals surface area contributed by atoms with Crippen LogP contribution in [0.1, 0.15) is 72.1 Å². The molecule has 3 unspecified atom stereocenters. The summed E-state index contributed by atoms with van der Waals surface area (Å²) >= 11 is 0. The summed E-state index contributed by atoms with van der Waals surface area (Å²) in [6.45, 7) is 6.39. The van der Waals surface area contributed by atoms with E-state index < -0.39 is 17.8 Å². The standard InChI is InChI=1S/C17H30O4/c1-4-13(9-7-8-12(2)3)21-17(20)15-11-6-5-10-14(15)16(18)19/h12-15H,4-11H2,1-3H3,(H,18,19). The molecule has 0 aromatic carbocycles. The normalized spacial score (nSPS) is 23.8. The molecule has 0 aliphatic heterocycles. The molecule has 1 saturated carbocycles. The van der Waals surface area contributed by atoms with Gasteiger partial charge in [0.05, 0.1) is 11.8 Å². The first-order valence-electron chi connectivity index (χ1n) is 8.39. The van der Waals surface area contributed by atoms with Crippen LogP contribution in [0.4, 0.5) is 0 Å². The molecule has 0 amide bonds. The minimum Gasteiger partial charge on any atom is -0.481 e. The van der Waals surface area contributed by atoms with E-state index in [1.165, 1.54) is 0 Å². The Morgan fingerprint density at radius 2 is 1.76 bits per heavy atom. The van der Waals surface area contributed by atoms with Gasteiger partial charge < -0.3 is 9.84 Å². The van der Waals surface area contributed by atoms with E-state index >= 15 is 0 Å². The maximum Gasteiger partial charge on any atom is 0.310 e. The molecule has 0 heterocycles. The van der Waals surface area contributed by atoms with Crippen molar-refractivity contribution in [2.45, 2.75) is 78.2 Å². The van der Waals surface area contributed by atoms with Gasteiger partial charge in [-0.3, -0.25) is 9.59 Å². The third kappa shape index (κ3) is 6.06. The summed E-state index contributed by atoms with van der Waals surface area (Å²) in [5.74, 6) is -1.49. The smallest absolute Gasteiger partial charge is 0.310 e. The molecule has 0 aromatic heterocycles. The number of rotatable bonds is 8. The predicted molar refractivity (Wildman–Crippen MR) is 81.9 cm³/mol. The quantitative estimate of drug-likeness (QED) is 0.687. The van der Waals surface area contributed by atoms with E-state index in [4.69, 9.17) is 4.74 Å². The Hall–Kier alpha value is -1.06. The fourth-order valence-electron chi connectivity index (χ4n) is 3.06. The molecule has 0 saturated heterocycles. The molecule has 0 spiro atoms. The first kappa shape index (κ1) is 18.0. The van der Waals surface area contributed by atoms with Gasteiger partial charge in [-0.25, -0.2) is 0 Å². The molecule has 122 valence electrons. The first-order valence-corrected chi connectivity index (χ1v) is 8.39. The molecule has 4 nitrogen and oxygen atoms in total. The van der Waals surface area contributed by atoms with Gasteiger partial charge in [-0.05, 0) is 38.0 Å². The van der Waals surface area contributed by atoms with E-state index in [0.29, 0.717) is 18.8 Å².